The lowest BCUT2D eigenvalue weighted by Gasteiger charge is -2.09. The third kappa shape index (κ3) is 3.55. The number of halogens is 5. The second kappa shape index (κ2) is 4.47. The summed E-state index contributed by atoms with van der Waals surface area (Å²) in [6.07, 6.45) is -4.93. The average Bonchev–Trinajstić information content (AvgIpc) is 2.15. The summed E-state index contributed by atoms with van der Waals surface area (Å²) in [5, 5.41) is 0. The first kappa shape index (κ1) is 13.7. The van der Waals surface area contributed by atoms with Gasteiger partial charge in [-0.25, -0.2) is 8.42 Å². The molecule has 17 heavy (non-hydrogen) atoms. The third-order valence-corrected chi connectivity index (χ3v) is 3.02. The van der Waals surface area contributed by atoms with Crippen LogP contribution in [-0.4, -0.2) is 20.5 Å². The summed E-state index contributed by atoms with van der Waals surface area (Å²) in [5.41, 5.74) is 0. The number of hydrogen-bond acceptors (Lipinski definition) is 3. The van der Waals surface area contributed by atoms with Crippen LogP contribution >= 0.6 is 0 Å². The molecule has 0 fully saturated rings. The van der Waals surface area contributed by atoms with E-state index in [1.807, 2.05) is 0 Å². The Kier molecular flexibility index (Phi) is 3.60. The van der Waals surface area contributed by atoms with Gasteiger partial charge in [0.25, 0.3) is 0 Å². The van der Waals surface area contributed by atoms with Gasteiger partial charge in [-0.2, -0.15) is 8.78 Å². The SMILES string of the molecule is O=S(=O)(c1ccc(OC(F)(F)F)cc1)C(F)F. The fourth-order valence-electron chi connectivity index (χ4n) is 0.934. The van der Waals surface area contributed by atoms with Crippen molar-refractivity contribution in [2.24, 2.45) is 0 Å². The molecule has 0 unspecified atom stereocenters. The van der Waals surface area contributed by atoms with Gasteiger partial charge in [-0.15, -0.1) is 13.2 Å². The quantitative estimate of drug-likeness (QED) is 0.797. The number of benzene rings is 1. The summed E-state index contributed by atoms with van der Waals surface area (Å²) < 4.78 is 84.7. The average molecular weight is 276 g/mol. The molecule has 1 aromatic rings. The predicted octanol–water partition coefficient (Wildman–Crippen LogP) is 2.58. The van der Waals surface area contributed by atoms with Gasteiger partial charge in [0, 0.05) is 0 Å². The Morgan fingerprint density at radius 3 is 1.88 bits per heavy atom. The Bertz CT molecular complexity index is 477. The van der Waals surface area contributed by atoms with Crippen molar-refractivity contribution in [2.75, 3.05) is 0 Å². The molecule has 9 heteroatoms. The minimum atomic E-state index is -4.93. The van der Waals surface area contributed by atoms with Gasteiger partial charge in [-0.05, 0) is 24.3 Å². The fourth-order valence-corrected chi connectivity index (χ4v) is 1.66. The minimum Gasteiger partial charge on any atom is -0.406 e. The molecular formula is C8H5F5O3S. The zero-order valence-electron chi connectivity index (χ0n) is 7.91. The normalized spacial score (nSPS) is 12.8. The van der Waals surface area contributed by atoms with Crippen molar-refractivity contribution in [3.8, 4) is 5.75 Å². The van der Waals surface area contributed by atoms with E-state index < -0.39 is 32.6 Å². The van der Waals surface area contributed by atoms with Crippen LogP contribution in [0.2, 0.25) is 0 Å². The molecule has 0 N–H and O–H groups in total. The topological polar surface area (TPSA) is 43.4 Å². The van der Waals surface area contributed by atoms with Gasteiger partial charge >= 0.3 is 12.1 Å². The molecule has 96 valence electrons. The van der Waals surface area contributed by atoms with Gasteiger partial charge in [-0.1, -0.05) is 0 Å². The number of hydrogen-bond donors (Lipinski definition) is 0. The second-order valence-corrected chi connectivity index (χ2v) is 4.74. The van der Waals surface area contributed by atoms with Crippen molar-refractivity contribution in [3.63, 3.8) is 0 Å². The van der Waals surface area contributed by atoms with Crippen LogP contribution < -0.4 is 4.74 Å². The van der Waals surface area contributed by atoms with E-state index in [1.54, 1.807) is 0 Å². The minimum absolute atomic E-state index is 0.614. The Balaban J connectivity index is 2.97. The molecule has 1 aromatic carbocycles. The van der Waals surface area contributed by atoms with E-state index in [4.69, 9.17) is 0 Å². The lowest BCUT2D eigenvalue weighted by Crippen LogP contribution is -2.17. The van der Waals surface area contributed by atoms with Crippen LogP contribution in [0.3, 0.4) is 0 Å². The molecular weight excluding hydrogens is 271 g/mol. The number of ether oxygens (including phenoxy) is 1. The highest BCUT2D eigenvalue weighted by Gasteiger charge is 2.31. The maximum absolute atomic E-state index is 12.1. The third-order valence-electron chi connectivity index (χ3n) is 1.62. The number of alkyl halides is 5. The fraction of sp³-hybridized carbons (Fsp3) is 0.250. The molecule has 0 aliphatic rings. The maximum Gasteiger partial charge on any atom is 0.573 e. The summed E-state index contributed by atoms with van der Waals surface area (Å²) in [6.45, 7) is 0. The Hall–Kier alpha value is -1.38. The van der Waals surface area contributed by atoms with Gasteiger partial charge in [-0.3, -0.25) is 0 Å². The zero-order valence-corrected chi connectivity index (χ0v) is 8.73. The molecule has 0 amide bonds. The molecule has 0 atom stereocenters. The zero-order chi connectivity index (χ0) is 13.3. The lowest BCUT2D eigenvalue weighted by atomic mass is 10.3. The Morgan fingerprint density at radius 1 is 1.06 bits per heavy atom. The molecule has 0 aliphatic carbocycles. The number of sulfone groups is 1. The number of rotatable bonds is 3. The smallest absolute Gasteiger partial charge is 0.406 e. The Morgan fingerprint density at radius 2 is 1.53 bits per heavy atom. The van der Waals surface area contributed by atoms with E-state index in [0.29, 0.717) is 24.3 Å². The summed E-state index contributed by atoms with van der Waals surface area (Å²) in [5.74, 6) is -4.32. The highest BCUT2D eigenvalue weighted by molar-refractivity contribution is 7.91. The largest absolute Gasteiger partial charge is 0.573 e. The summed E-state index contributed by atoms with van der Waals surface area (Å²) >= 11 is 0. The van der Waals surface area contributed by atoms with Crippen LogP contribution in [0.4, 0.5) is 22.0 Å². The van der Waals surface area contributed by atoms with Crippen LogP contribution in [0, 0.1) is 0 Å². The van der Waals surface area contributed by atoms with E-state index in [2.05, 4.69) is 4.74 Å². The van der Waals surface area contributed by atoms with Crippen molar-refractivity contribution in [2.45, 2.75) is 17.0 Å². The first-order chi connectivity index (χ1) is 7.63. The standard InChI is InChI=1S/C8H5F5O3S/c9-7(10)17(14,15)6-3-1-5(2-4-6)16-8(11,12)13/h1-4,7H. The maximum atomic E-state index is 12.1. The van der Waals surface area contributed by atoms with Gasteiger partial charge in [0.15, 0.2) is 0 Å². The summed E-state index contributed by atoms with van der Waals surface area (Å²) in [7, 11) is -4.81. The van der Waals surface area contributed by atoms with Crippen LogP contribution in [0.25, 0.3) is 0 Å². The molecule has 0 spiro atoms. The van der Waals surface area contributed by atoms with Gasteiger partial charge < -0.3 is 4.74 Å². The van der Waals surface area contributed by atoms with E-state index in [0.717, 1.165) is 0 Å². The van der Waals surface area contributed by atoms with Gasteiger partial charge in [0.1, 0.15) is 5.75 Å². The van der Waals surface area contributed by atoms with Gasteiger partial charge in [0.2, 0.25) is 9.84 Å². The molecule has 0 bridgehead atoms. The molecule has 0 radical (unpaired) electrons. The molecule has 0 heterocycles. The van der Waals surface area contributed by atoms with E-state index >= 15 is 0 Å². The van der Waals surface area contributed by atoms with Crippen molar-refractivity contribution in [1.29, 1.82) is 0 Å². The van der Waals surface area contributed by atoms with Crippen molar-refractivity contribution < 1.29 is 35.1 Å². The first-order valence-corrected chi connectivity index (χ1v) is 5.55. The highest BCUT2D eigenvalue weighted by Crippen LogP contribution is 2.25. The van der Waals surface area contributed by atoms with Crippen molar-refractivity contribution in [1.82, 2.24) is 0 Å². The summed E-state index contributed by atoms with van der Waals surface area (Å²) in [4.78, 5) is -0.776. The molecule has 1 rings (SSSR count). The molecule has 0 saturated heterocycles. The Labute approximate surface area is 92.7 Å². The van der Waals surface area contributed by atoms with Crippen molar-refractivity contribution >= 4 is 9.84 Å². The predicted molar refractivity (Wildman–Crippen MR) is 46.3 cm³/mol. The van der Waals surface area contributed by atoms with Crippen LogP contribution in [0.15, 0.2) is 29.2 Å². The van der Waals surface area contributed by atoms with E-state index in [1.165, 1.54) is 0 Å². The molecule has 0 aromatic heterocycles. The first-order valence-electron chi connectivity index (χ1n) is 4.01. The van der Waals surface area contributed by atoms with E-state index in [9.17, 15) is 30.4 Å². The lowest BCUT2D eigenvalue weighted by molar-refractivity contribution is -0.274. The van der Waals surface area contributed by atoms with E-state index in [-0.39, 0.29) is 0 Å². The molecule has 0 aliphatic heterocycles. The van der Waals surface area contributed by atoms with Crippen molar-refractivity contribution in [3.05, 3.63) is 24.3 Å². The van der Waals surface area contributed by atoms with Crippen LogP contribution in [-0.2, 0) is 9.84 Å². The molecule has 3 nitrogen and oxygen atoms in total. The van der Waals surface area contributed by atoms with Crippen LogP contribution in [0.5, 0.6) is 5.75 Å². The monoisotopic (exact) mass is 276 g/mol. The summed E-state index contributed by atoms with van der Waals surface area (Å²) in [6, 6.07) is 2.51. The van der Waals surface area contributed by atoms with Gasteiger partial charge in [0.05, 0.1) is 4.90 Å². The second-order valence-electron chi connectivity index (χ2n) is 2.82. The molecule has 0 saturated carbocycles. The van der Waals surface area contributed by atoms with Crippen LogP contribution in [0.1, 0.15) is 0 Å². The highest BCUT2D eigenvalue weighted by atomic mass is 32.2.